The maximum atomic E-state index is 12.5. The number of urea groups is 1. The van der Waals surface area contributed by atoms with Crippen LogP contribution >= 0.6 is 11.8 Å². The van der Waals surface area contributed by atoms with Crippen LogP contribution in [0.4, 0.5) is 23.7 Å². The number of amidine groups is 1. The summed E-state index contributed by atoms with van der Waals surface area (Å²) >= 11 is 1.26. The van der Waals surface area contributed by atoms with E-state index in [1.165, 1.54) is 51.9 Å². The lowest BCUT2D eigenvalue weighted by atomic mass is 10.0. The number of para-hydroxylation sites is 1. The topological polar surface area (TPSA) is 102 Å². The van der Waals surface area contributed by atoms with Gasteiger partial charge in [0.25, 0.3) is 0 Å². The third-order valence-corrected chi connectivity index (χ3v) is 7.68. The Morgan fingerprint density at radius 3 is 2.64 bits per heavy atom. The van der Waals surface area contributed by atoms with Crippen molar-refractivity contribution in [3.8, 4) is 22.8 Å². The number of aliphatic imine (C=N–C) groups is 1. The average Bonchev–Trinajstić information content (AvgIpc) is 3.64. The zero-order valence-corrected chi connectivity index (χ0v) is 24.6. The van der Waals surface area contributed by atoms with Crippen LogP contribution in [0, 0.1) is 0 Å². The molecule has 4 aromatic rings. The highest BCUT2D eigenvalue weighted by molar-refractivity contribution is 8.15. The molecular formula is C31H29F3N6O3S. The fourth-order valence-corrected chi connectivity index (χ4v) is 5.53. The first-order chi connectivity index (χ1) is 21.2. The van der Waals surface area contributed by atoms with Gasteiger partial charge in [-0.3, -0.25) is 9.69 Å². The van der Waals surface area contributed by atoms with E-state index in [2.05, 4.69) is 25.1 Å². The quantitative estimate of drug-likeness (QED) is 0.201. The molecule has 0 atom stereocenters. The molecule has 3 amide bonds. The molecule has 1 aliphatic rings. The Kier molecular flexibility index (Phi) is 9.63. The lowest BCUT2D eigenvalue weighted by molar-refractivity contribution is -0.274. The maximum absolute atomic E-state index is 12.5. The van der Waals surface area contributed by atoms with Crippen LogP contribution in [0.5, 0.6) is 5.75 Å². The number of amides is 3. The van der Waals surface area contributed by atoms with Gasteiger partial charge >= 0.3 is 12.4 Å². The Morgan fingerprint density at radius 1 is 1.07 bits per heavy atom. The molecule has 1 saturated heterocycles. The van der Waals surface area contributed by atoms with E-state index in [9.17, 15) is 22.8 Å². The average molecular weight is 623 g/mol. The van der Waals surface area contributed by atoms with E-state index >= 15 is 0 Å². The Labute approximate surface area is 256 Å². The maximum Gasteiger partial charge on any atom is 0.573 e. The normalized spacial score (nSPS) is 14.3. The number of ether oxygens (including phenoxy) is 1. The summed E-state index contributed by atoms with van der Waals surface area (Å²) in [7, 11) is 0. The van der Waals surface area contributed by atoms with Gasteiger partial charge in [0.15, 0.2) is 11.0 Å². The van der Waals surface area contributed by atoms with Crippen LogP contribution in [0.3, 0.4) is 0 Å². The summed E-state index contributed by atoms with van der Waals surface area (Å²) in [6.07, 6.45) is -0.180. The molecule has 0 unspecified atom stereocenters. The van der Waals surface area contributed by atoms with Gasteiger partial charge in [0, 0.05) is 12.1 Å². The number of rotatable bonds is 10. The van der Waals surface area contributed by atoms with Crippen LogP contribution < -0.4 is 15.0 Å². The number of aromatic nitrogens is 3. The van der Waals surface area contributed by atoms with Gasteiger partial charge in [-0.25, -0.2) is 14.5 Å². The molecule has 228 valence electrons. The van der Waals surface area contributed by atoms with Crippen molar-refractivity contribution in [3.05, 3.63) is 90.3 Å². The monoisotopic (exact) mass is 622 g/mol. The largest absolute Gasteiger partial charge is 0.573 e. The molecule has 0 spiro atoms. The first kappa shape index (κ1) is 30.8. The van der Waals surface area contributed by atoms with Crippen molar-refractivity contribution in [1.82, 2.24) is 20.1 Å². The van der Waals surface area contributed by atoms with Crippen LogP contribution in [-0.2, 0) is 17.6 Å². The molecular weight excluding hydrogens is 593 g/mol. The van der Waals surface area contributed by atoms with E-state index in [1.807, 2.05) is 55.5 Å². The molecule has 0 aliphatic carbocycles. The minimum atomic E-state index is -4.75. The van der Waals surface area contributed by atoms with Gasteiger partial charge in [0.1, 0.15) is 12.1 Å². The number of halogens is 3. The Hall–Kier alpha value is -4.65. The molecule has 44 heavy (non-hydrogen) atoms. The molecule has 1 N–H and O–H groups in total. The molecule has 0 saturated carbocycles. The highest BCUT2D eigenvalue weighted by atomic mass is 32.2. The zero-order valence-electron chi connectivity index (χ0n) is 23.8. The van der Waals surface area contributed by atoms with Gasteiger partial charge in [-0.05, 0) is 73.2 Å². The number of carbonyl (C=O) groups is 2. The lowest BCUT2D eigenvalue weighted by Gasteiger charge is -2.19. The highest BCUT2D eigenvalue weighted by Crippen LogP contribution is 2.30. The molecule has 5 rings (SSSR count). The Balaban J connectivity index is 1.11. The Bertz CT molecular complexity index is 1660. The standard InChI is InChI=1S/C31H29F3N6O3S/c1-2-22-10-3-4-12-26(22)40-27(41)19-44-30(40)37-29(42)35-17-6-5-8-21-9-7-11-23(18-21)28-36-20-39(38-28)24-13-15-25(16-14-24)43-31(32,33)34/h3-4,7,9-16,18,20H,2,5-6,8,17,19H2,1H3,(H,35,42)/b37-30-. The van der Waals surface area contributed by atoms with Crippen LogP contribution in [0.2, 0.25) is 0 Å². The first-order valence-corrected chi connectivity index (χ1v) is 15.0. The van der Waals surface area contributed by atoms with E-state index < -0.39 is 12.4 Å². The van der Waals surface area contributed by atoms with Crippen LogP contribution in [0.25, 0.3) is 17.1 Å². The van der Waals surface area contributed by atoms with Crippen molar-refractivity contribution in [2.24, 2.45) is 4.99 Å². The minimum absolute atomic E-state index is 0.0970. The number of hydrogen-bond donors (Lipinski definition) is 1. The SMILES string of the molecule is CCc1ccccc1N1C(=O)CS/C1=N\C(=O)NCCCCc1cccc(-c2ncn(-c3ccc(OC(F)(F)F)cc3)n2)c1. The van der Waals surface area contributed by atoms with Crippen LogP contribution in [-0.4, -0.2) is 50.5 Å². The number of nitrogens with zero attached hydrogens (tertiary/aromatic N) is 5. The molecule has 0 radical (unpaired) electrons. The first-order valence-electron chi connectivity index (χ1n) is 14.0. The number of unbranched alkanes of at least 4 members (excludes halogenated alkanes) is 1. The second-order valence-electron chi connectivity index (χ2n) is 9.84. The second-order valence-corrected chi connectivity index (χ2v) is 10.8. The lowest BCUT2D eigenvalue weighted by Crippen LogP contribution is -2.32. The predicted octanol–water partition coefficient (Wildman–Crippen LogP) is 6.56. The van der Waals surface area contributed by atoms with E-state index in [0.29, 0.717) is 23.2 Å². The number of benzene rings is 3. The van der Waals surface area contributed by atoms with Gasteiger partial charge in [-0.15, -0.1) is 18.3 Å². The fraction of sp³-hybridized carbons (Fsp3) is 0.258. The van der Waals surface area contributed by atoms with E-state index in [1.54, 1.807) is 0 Å². The summed E-state index contributed by atoms with van der Waals surface area (Å²) in [5.74, 6) is 0.312. The molecule has 0 bridgehead atoms. The Morgan fingerprint density at radius 2 is 1.86 bits per heavy atom. The van der Waals surface area contributed by atoms with E-state index in [-0.39, 0.29) is 17.4 Å². The van der Waals surface area contributed by atoms with Gasteiger partial charge < -0.3 is 10.1 Å². The molecule has 9 nitrogen and oxygen atoms in total. The number of hydrogen-bond acceptors (Lipinski definition) is 6. The third kappa shape index (κ3) is 7.84. The van der Waals surface area contributed by atoms with Crippen molar-refractivity contribution in [2.45, 2.75) is 39.0 Å². The zero-order chi connectivity index (χ0) is 31.1. The summed E-state index contributed by atoms with van der Waals surface area (Å²) in [6.45, 7) is 2.46. The van der Waals surface area contributed by atoms with Gasteiger partial charge in [-0.2, -0.15) is 4.99 Å². The second kappa shape index (κ2) is 13.8. The predicted molar refractivity (Wildman–Crippen MR) is 163 cm³/mol. The summed E-state index contributed by atoms with van der Waals surface area (Å²) in [6, 6.07) is 20.3. The molecule has 3 aromatic carbocycles. The van der Waals surface area contributed by atoms with Gasteiger partial charge in [-0.1, -0.05) is 55.1 Å². The smallest absolute Gasteiger partial charge is 0.406 e. The van der Waals surface area contributed by atoms with Crippen LogP contribution in [0.1, 0.15) is 30.9 Å². The van der Waals surface area contributed by atoms with E-state index in [4.69, 9.17) is 0 Å². The third-order valence-electron chi connectivity index (χ3n) is 6.76. The molecule has 1 fully saturated rings. The molecule has 13 heteroatoms. The number of alkyl halides is 3. The number of anilines is 1. The number of nitrogens with one attached hydrogen (secondary N) is 1. The van der Waals surface area contributed by atoms with Crippen molar-refractivity contribution in [3.63, 3.8) is 0 Å². The van der Waals surface area contributed by atoms with Gasteiger partial charge in [0.05, 0.1) is 17.1 Å². The fourth-order valence-electron chi connectivity index (χ4n) is 4.67. The van der Waals surface area contributed by atoms with Crippen molar-refractivity contribution < 1.29 is 27.5 Å². The molecule has 2 heterocycles. The molecule has 1 aromatic heterocycles. The summed E-state index contributed by atoms with van der Waals surface area (Å²) in [5, 5.41) is 7.66. The summed E-state index contributed by atoms with van der Waals surface area (Å²) in [4.78, 5) is 35.1. The number of aryl methyl sites for hydroxylation is 2. The summed E-state index contributed by atoms with van der Waals surface area (Å²) in [5.41, 5.74) is 4.19. The van der Waals surface area contributed by atoms with Gasteiger partial charge in [0.2, 0.25) is 5.91 Å². The number of carbonyl (C=O) groups excluding carboxylic acids is 2. The summed E-state index contributed by atoms with van der Waals surface area (Å²) < 4.78 is 42.6. The van der Waals surface area contributed by atoms with Crippen LogP contribution in [0.15, 0.2) is 84.1 Å². The van der Waals surface area contributed by atoms with E-state index in [0.717, 1.165) is 48.1 Å². The molecule has 1 aliphatic heterocycles. The van der Waals surface area contributed by atoms with Crippen molar-refractivity contribution in [2.75, 3.05) is 17.2 Å². The highest BCUT2D eigenvalue weighted by Gasteiger charge is 2.32. The minimum Gasteiger partial charge on any atom is -0.406 e. The number of thioether (sulfide) groups is 1. The van der Waals surface area contributed by atoms with Crippen molar-refractivity contribution in [1.29, 1.82) is 0 Å². The van der Waals surface area contributed by atoms with Crippen molar-refractivity contribution >= 4 is 34.6 Å².